The third-order valence-electron chi connectivity index (χ3n) is 2.35. The minimum atomic E-state index is -4.55. The topological polar surface area (TPSA) is 29.1 Å². The van der Waals surface area contributed by atoms with E-state index in [1.165, 1.54) is 6.07 Å². The number of amides is 1. The Kier molecular flexibility index (Phi) is 6.13. The van der Waals surface area contributed by atoms with Crippen molar-refractivity contribution in [2.75, 3.05) is 10.6 Å². The number of halogens is 5. The van der Waals surface area contributed by atoms with Crippen LogP contribution in [0, 0.1) is 0 Å². The molecule has 0 aliphatic heterocycles. The number of hydrogen-bond acceptors (Lipinski definition) is 1. The highest BCUT2D eigenvalue weighted by atomic mass is 79.9. The summed E-state index contributed by atoms with van der Waals surface area (Å²) in [6.07, 6.45) is -2.96. The molecule has 1 aromatic carbocycles. The molecule has 0 radical (unpaired) electrons. The molecule has 0 saturated heterocycles. The predicted molar refractivity (Wildman–Crippen MR) is 72.7 cm³/mol. The van der Waals surface area contributed by atoms with Gasteiger partial charge in [0.2, 0.25) is 5.91 Å². The highest BCUT2D eigenvalue weighted by Crippen LogP contribution is 2.36. The van der Waals surface area contributed by atoms with E-state index in [0.29, 0.717) is 6.42 Å². The summed E-state index contributed by atoms with van der Waals surface area (Å²) < 4.78 is 38.3. The number of benzene rings is 1. The van der Waals surface area contributed by atoms with Crippen LogP contribution in [0.15, 0.2) is 18.2 Å². The molecule has 1 N–H and O–H groups in total. The van der Waals surface area contributed by atoms with Gasteiger partial charge in [-0.2, -0.15) is 13.2 Å². The number of alkyl halides is 4. The first kappa shape index (κ1) is 16.3. The lowest BCUT2D eigenvalue weighted by atomic mass is 10.1. The molecule has 0 saturated carbocycles. The molecule has 0 bridgehead atoms. The highest BCUT2D eigenvalue weighted by Gasteiger charge is 2.34. The van der Waals surface area contributed by atoms with Crippen LogP contribution in [-0.4, -0.2) is 11.2 Å². The van der Waals surface area contributed by atoms with E-state index in [4.69, 9.17) is 11.6 Å². The van der Waals surface area contributed by atoms with Gasteiger partial charge in [0.05, 0.1) is 11.3 Å². The summed E-state index contributed by atoms with van der Waals surface area (Å²) in [5.41, 5.74) is -1.20. The maximum atomic E-state index is 12.8. The molecule has 106 valence electrons. The molecule has 0 unspecified atom stereocenters. The molecule has 2 nitrogen and oxygen atoms in total. The van der Waals surface area contributed by atoms with Gasteiger partial charge in [0.25, 0.3) is 0 Å². The lowest BCUT2D eigenvalue weighted by Crippen LogP contribution is -2.16. The third kappa shape index (κ3) is 5.40. The Bertz CT molecular complexity index is 451. The Morgan fingerprint density at radius 3 is 2.58 bits per heavy atom. The van der Waals surface area contributed by atoms with Gasteiger partial charge in [0.1, 0.15) is 0 Å². The van der Waals surface area contributed by atoms with Gasteiger partial charge in [-0.05, 0) is 31.0 Å². The van der Waals surface area contributed by atoms with Crippen molar-refractivity contribution < 1.29 is 18.0 Å². The average Bonchev–Trinajstić information content (AvgIpc) is 2.30. The number of carbonyl (C=O) groups excluding carboxylic acids is 1. The number of rotatable bonds is 5. The summed E-state index contributed by atoms with van der Waals surface area (Å²) in [5, 5.41) is 3.01. The molecule has 1 amide bonds. The molecular formula is C12H12BrClF3NO. The Hall–Kier alpha value is -0.750. The molecule has 19 heavy (non-hydrogen) atoms. The van der Waals surface area contributed by atoms with Crippen molar-refractivity contribution in [2.24, 2.45) is 0 Å². The SMILES string of the molecule is O=C(CCCCBr)Nc1ccc(Cl)cc1C(F)(F)F. The largest absolute Gasteiger partial charge is 0.418 e. The van der Waals surface area contributed by atoms with Crippen LogP contribution in [0.2, 0.25) is 5.02 Å². The molecule has 1 aromatic rings. The van der Waals surface area contributed by atoms with Crippen molar-refractivity contribution >= 4 is 39.1 Å². The minimum absolute atomic E-state index is 0.0235. The van der Waals surface area contributed by atoms with Gasteiger partial charge in [-0.25, -0.2) is 0 Å². The zero-order valence-corrected chi connectivity index (χ0v) is 12.2. The molecule has 1 rings (SSSR count). The molecule has 0 aliphatic rings. The van der Waals surface area contributed by atoms with E-state index in [1.54, 1.807) is 0 Å². The number of nitrogens with one attached hydrogen (secondary N) is 1. The minimum Gasteiger partial charge on any atom is -0.326 e. The van der Waals surface area contributed by atoms with Crippen molar-refractivity contribution in [2.45, 2.75) is 25.4 Å². The van der Waals surface area contributed by atoms with E-state index in [-0.39, 0.29) is 17.1 Å². The highest BCUT2D eigenvalue weighted by molar-refractivity contribution is 9.09. The Labute approximate surface area is 122 Å². The van der Waals surface area contributed by atoms with Gasteiger partial charge in [-0.3, -0.25) is 4.79 Å². The maximum Gasteiger partial charge on any atom is 0.418 e. The van der Waals surface area contributed by atoms with E-state index in [1.807, 2.05) is 0 Å². The average molecular weight is 359 g/mol. The molecule has 0 aliphatic carbocycles. The Morgan fingerprint density at radius 2 is 2.00 bits per heavy atom. The van der Waals surface area contributed by atoms with Gasteiger partial charge in [-0.15, -0.1) is 0 Å². The molecule has 0 aromatic heterocycles. The van der Waals surface area contributed by atoms with Gasteiger partial charge >= 0.3 is 6.18 Å². The van der Waals surface area contributed by atoms with Crippen LogP contribution in [0.1, 0.15) is 24.8 Å². The van der Waals surface area contributed by atoms with Gasteiger partial charge < -0.3 is 5.32 Å². The van der Waals surface area contributed by atoms with Crippen LogP contribution < -0.4 is 5.32 Å². The number of anilines is 1. The van der Waals surface area contributed by atoms with Crippen LogP contribution in [0.4, 0.5) is 18.9 Å². The van der Waals surface area contributed by atoms with E-state index in [2.05, 4.69) is 21.2 Å². The van der Waals surface area contributed by atoms with Gasteiger partial charge in [0, 0.05) is 16.8 Å². The second-order valence-electron chi connectivity index (χ2n) is 3.88. The van der Waals surface area contributed by atoms with Crippen LogP contribution >= 0.6 is 27.5 Å². The molecule has 0 atom stereocenters. The van der Waals surface area contributed by atoms with Crippen molar-refractivity contribution in [3.63, 3.8) is 0 Å². The van der Waals surface area contributed by atoms with Crippen LogP contribution in [-0.2, 0) is 11.0 Å². The van der Waals surface area contributed by atoms with Gasteiger partial charge in [-0.1, -0.05) is 27.5 Å². The normalized spacial score (nSPS) is 11.4. The molecule has 7 heteroatoms. The Morgan fingerprint density at radius 1 is 1.32 bits per heavy atom. The van der Waals surface area contributed by atoms with Gasteiger partial charge in [0.15, 0.2) is 0 Å². The lowest BCUT2D eigenvalue weighted by Gasteiger charge is -2.14. The summed E-state index contributed by atoms with van der Waals surface area (Å²) in [6.45, 7) is 0. The van der Waals surface area contributed by atoms with E-state index < -0.39 is 17.6 Å². The fourth-order valence-corrected chi connectivity index (χ4v) is 2.02. The summed E-state index contributed by atoms with van der Waals surface area (Å²) >= 11 is 8.76. The van der Waals surface area contributed by atoms with Crippen LogP contribution in [0.5, 0.6) is 0 Å². The van der Waals surface area contributed by atoms with Crippen LogP contribution in [0.3, 0.4) is 0 Å². The zero-order chi connectivity index (χ0) is 14.5. The first-order chi connectivity index (χ1) is 8.84. The van der Waals surface area contributed by atoms with Crippen LogP contribution in [0.25, 0.3) is 0 Å². The Balaban J connectivity index is 2.80. The maximum absolute atomic E-state index is 12.8. The third-order valence-corrected chi connectivity index (χ3v) is 3.14. The molecular weight excluding hydrogens is 346 g/mol. The standard InChI is InChI=1S/C12H12BrClF3NO/c13-6-2-1-3-11(19)18-10-5-4-8(14)7-9(10)12(15,16)17/h4-5,7H,1-3,6H2,(H,18,19). The fourth-order valence-electron chi connectivity index (χ4n) is 1.45. The van der Waals surface area contributed by atoms with E-state index in [9.17, 15) is 18.0 Å². The summed E-state index contributed by atoms with van der Waals surface area (Å²) in [7, 11) is 0. The number of hydrogen-bond donors (Lipinski definition) is 1. The number of unbranched alkanes of at least 4 members (excludes halogenated alkanes) is 1. The second kappa shape index (κ2) is 7.14. The zero-order valence-electron chi connectivity index (χ0n) is 9.86. The monoisotopic (exact) mass is 357 g/mol. The van der Waals surface area contributed by atoms with Crippen molar-refractivity contribution in [1.29, 1.82) is 0 Å². The van der Waals surface area contributed by atoms with E-state index >= 15 is 0 Å². The fraction of sp³-hybridized carbons (Fsp3) is 0.417. The molecule has 0 heterocycles. The van der Waals surface area contributed by atoms with Crippen molar-refractivity contribution in [3.8, 4) is 0 Å². The second-order valence-corrected chi connectivity index (χ2v) is 5.11. The smallest absolute Gasteiger partial charge is 0.326 e. The predicted octanol–water partition coefficient (Wildman–Crippen LogP) is 4.86. The lowest BCUT2D eigenvalue weighted by molar-refractivity contribution is -0.137. The number of carbonyl (C=O) groups is 1. The molecule has 0 fully saturated rings. The first-order valence-electron chi connectivity index (χ1n) is 5.57. The summed E-state index contributed by atoms with van der Waals surface area (Å²) in [6, 6.07) is 3.27. The summed E-state index contributed by atoms with van der Waals surface area (Å²) in [5.74, 6) is -0.436. The molecule has 0 spiro atoms. The summed E-state index contributed by atoms with van der Waals surface area (Å²) in [4.78, 5) is 11.5. The van der Waals surface area contributed by atoms with Crippen molar-refractivity contribution in [1.82, 2.24) is 0 Å². The first-order valence-corrected chi connectivity index (χ1v) is 7.07. The van der Waals surface area contributed by atoms with E-state index in [0.717, 1.165) is 23.9 Å². The quantitative estimate of drug-likeness (QED) is 0.591. The van der Waals surface area contributed by atoms with Crippen molar-refractivity contribution in [3.05, 3.63) is 28.8 Å².